The molecule has 0 aromatic heterocycles. The summed E-state index contributed by atoms with van der Waals surface area (Å²) < 4.78 is -0.815. The van der Waals surface area contributed by atoms with E-state index in [1.165, 1.54) is 16.7 Å². The Morgan fingerprint density at radius 3 is 1.58 bits per heavy atom. The highest BCUT2D eigenvalue weighted by atomic mass is 32.2. The lowest BCUT2D eigenvalue weighted by Gasteiger charge is -2.61. The number of β-lactam (4-membered cyclic amide) rings is 1. The Bertz CT molecular complexity index is 1970. The van der Waals surface area contributed by atoms with Crippen LogP contribution >= 0.6 is 23.5 Å². The van der Waals surface area contributed by atoms with Crippen LogP contribution in [0.4, 0.5) is 0 Å². The highest BCUT2D eigenvalue weighted by Gasteiger charge is 2.68. The van der Waals surface area contributed by atoms with E-state index >= 15 is 0 Å². The van der Waals surface area contributed by atoms with Crippen LogP contribution in [0.25, 0.3) is 0 Å². The molecule has 1 fully saturated rings. The Kier molecular flexibility index (Phi) is 9.65. The number of carbonyl (C=O) groups excluding carboxylic acids is 2. The summed E-state index contributed by atoms with van der Waals surface area (Å²) in [4.78, 5) is 45.1. The Morgan fingerprint density at radius 2 is 1.10 bits per heavy atom. The molecule has 50 heavy (non-hydrogen) atoms. The second-order valence-electron chi connectivity index (χ2n) is 12.7. The largest absolute Gasteiger partial charge is 0.477 e. The van der Waals surface area contributed by atoms with Gasteiger partial charge in [-0.15, -0.1) is 11.8 Å². The number of thioether (sulfide) groups is 2. The van der Waals surface area contributed by atoms with Crippen molar-refractivity contribution < 1.29 is 19.5 Å². The summed E-state index contributed by atoms with van der Waals surface area (Å²) in [6.07, 6.45) is 1.34. The van der Waals surface area contributed by atoms with Crippen molar-refractivity contribution >= 4 is 41.3 Å². The van der Waals surface area contributed by atoms with E-state index in [2.05, 4.69) is 29.6 Å². The number of nitrogens with one attached hydrogen (secondary N) is 1. The summed E-state index contributed by atoms with van der Waals surface area (Å²) in [7, 11) is 0. The van der Waals surface area contributed by atoms with Crippen molar-refractivity contribution in [3.8, 4) is 0 Å². The molecule has 0 spiro atoms. The van der Waals surface area contributed by atoms with Crippen LogP contribution in [0.15, 0.2) is 167 Å². The minimum Gasteiger partial charge on any atom is -0.477 e. The molecular formula is C42H36N2O4S2. The molecule has 2 atom stereocenters. The number of hydrogen-bond donors (Lipinski definition) is 2. The van der Waals surface area contributed by atoms with Gasteiger partial charge >= 0.3 is 5.97 Å². The molecule has 7 rings (SSSR count). The standard InChI is InChI=1S/C42H36N2O4S2/c45-35(26-30-16-6-1-7-17-30)43-42(29-33-22-12-4-13-23-33)39(48)44-36(38(46)47)37(49-34-24-14-5-15-25-34)41(50-40(42)44,27-31-18-8-2-9-19-31)28-32-20-10-3-11-21-32/h1-25,40H,26-29H2,(H,43,45)(H,46,47)/t40-,42?/m0/s1. The first-order valence-corrected chi connectivity index (χ1v) is 18.3. The number of carbonyl (C=O) groups is 3. The van der Waals surface area contributed by atoms with Crippen molar-refractivity contribution in [3.05, 3.63) is 185 Å². The van der Waals surface area contributed by atoms with E-state index in [1.54, 1.807) is 11.8 Å². The number of fused-ring (bicyclic) bond motifs is 1. The molecule has 2 aliphatic heterocycles. The Balaban J connectivity index is 1.41. The lowest BCUT2D eigenvalue weighted by molar-refractivity contribution is -0.159. The fourth-order valence-corrected chi connectivity index (χ4v) is 10.3. The first-order chi connectivity index (χ1) is 24.4. The van der Waals surface area contributed by atoms with E-state index in [9.17, 15) is 19.5 Å². The third-order valence-electron chi connectivity index (χ3n) is 9.19. The lowest BCUT2D eigenvalue weighted by atomic mass is 9.79. The molecule has 1 unspecified atom stereocenters. The van der Waals surface area contributed by atoms with Crippen molar-refractivity contribution in [3.63, 3.8) is 0 Å². The predicted molar refractivity (Wildman–Crippen MR) is 199 cm³/mol. The van der Waals surface area contributed by atoms with Gasteiger partial charge in [0.25, 0.3) is 5.91 Å². The number of rotatable bonds is 12. The molecule has 250 valence electrons. The minimum absolute atomic E-state index is 0.0274. The summed E-state index contributed by atoms with van der Waals surface area (Å²) in [5.74, 6) is -1.88. The summed E-state index contributed by atoms with van der Waals surface area (Å²) >= 11 is 3.00. The minimum atomic E-state index is -1.37. The average molecular weight is 697 g/mol. The third-order valence-corrected chi connectivity index (χ3v) is 12.4. The van der Waals surface area contributed by atoms with Gasteiger partial charge in [-0.1, -0.05) is 151 Å². The molecule has 2 amide bonds. The molecular weight excluding hydrogens is 661 g/mol. The van der Waals surface area contributed by atoms with Crippen LogP contribution < -0.4 is 5.32 Å². The molecule has 1 saturated heterocycles. The number of carboxylic acids is 1. The van der Waals surface area contributed by atoms with Gasteiger partial charge in [0.1, 0.15) is 11.1 Å². The second-order valence-corrected chi connectivity index (χ2v) is 15.3. The normalized spacial score (nSPS) is 19.3. The van der Waals surface area contributed by atoms with Crippen LogP contribution in [0.2, 0.25) is 0 Å². The van der Waals surface area contributed by atoms with E-state index in [0.29, 0.717) is 17.7 Å². The number of hydrogen-bond acceptors (Lipinski definition) is 5. The maximum absolute atomic E-state index is 14.7. The van der Waals surface area contributed by atoms with E-state index in [-0.39, 0.29) is 24.4 Å². The van der Waals surface area contributed by atoms with Gasteiger partial charge < -0.3 is 10.4 Å². The van der Waals surface area contributed by atoms with Crippen LogP contribution in [0, 0.1) is 0 Å². The maximum Gasteiger partial charge on any atom is 0.353 e. The summed E-state index contributed by atoms with van der Waals surface area (Å²) in [5, 5.41) is 13.6. The highest BCUT2D eigenvalue weighted by Crippen LogP contribution is 2.60. The SMILES string of the molecule is O=C(Cc1ccccc1)NC1(Cc2ccccc2)C(=O)N2C(C(=O)O)=C(Sc3ccccc3)C(Cc3ccccc3)(Cc3ccccc3)S[C@H]21. The number of aliphatic carboxylic acids is 1. The third kappa shape index (κ3) is 6.73. The average Bonchev–Trinajstić information content (AvgIpc) is 3.14. The molecule has 2 heterocycles. The molecule has 0 saturated carbocycles. The zero-order chi connectivity index (χ0) is 34.6. The number of benzene rings is 5. The van der Waals surface area contributed by atoms with Gasteiger partial charge in [-0.3, -0.25) is 14.5 Å². The number of nitrogens with zero attached hydrogens (tertiary/aromatic N) is 1. The number of amides is 2. The Hall–Kier alpha value is -5.05. The maximum atomic E-state index is 14.7. The molecule has 5 aromatic carbocycles. The molecule has 2 N–H and O–H groups in total. The van der Waals surface area contributed by atoms with Crippen molar-refractivity contribution in [1.29, 1.82) is 0 Å². The van der Waals surface area contributed by atoms with E-state index in [1.807, 2.05) is 127 Å². The fourth-order valence-electron chi connectivity index (χ4n) is 6.97. The Labute approximate surface area is 300 Å². The van der Waals surface area contributed by atoms with Crippen LogP contribution in [-0.4, -0.2) is 43.4 Å². The van der Waals surface area contributed by atoms with Crippen molar-refractivity contribution in [2.24, 2.45) is 0 Å². The van der Waals surface area contributed by atoms with Crippen LogP contribution in [0.1, 0.15) is 22.3 Å². The van der Waals surface area contributed by atoms with E-state index < -0.39 is 27.5 Å². The molecule has 6 nitrogen and oxygen atoms in total. The fraction of sp³-hybridized carbons (Fsp3) is 0.167. The summed E-state index contributed by atoms with van der Waals surface area (Å²) in [6.45, 7) is 0. The zero-order valence-electron chi connectivity index (χ0n) is 27.3. The van der Waals surface area contributed by atoms with Gasteiger partial charge in [-0.05, 0) is 47.2 Å². The lowest BCUT2D eigenvalue weighted by Crippen LogP contribution is -2.81. The topological polar surface area (TPSA) is 86.7 Å². The van der Waals surface area contributed by atoms with Crippen LogP contribution in [0.3, 0.4) is 0 Å². The molecule has 0 aliphatic carbocycles. The molecule has 0 bridgehead atoms. The van der Waals surface area contributed by atoms with Gasteiger partial charge in [-0.2, -0.15) is 0 Å². The first-order valence-electron chi connectivity index (χ1n) is 16.6. The highest BCUT2D eigenvalue weighted by molar-refractivity contribution is 8.07. The quantitative estimate of drug-likeness (QED) is 0.131. The van der Waals surface area contributed by atoms with Crippen LogP contribution in [0.5, 0.6) is 0 Å². The van der Waals surface area contributed by atoms with Gasteiger partial charge in [-0.25, -0.2) is 4.79 Å². The van der Waals surface area contributed by atoms with Gasteiger partial charge in [0, 0.05) is 16.2 Å². The molecule has 0 radical (unpaired) electrons. The monoisotopic (exact) mass is 696 g/mol. The van der Waals surface area contributed by atoms with Gasteiger partial charge in [0.2, 0.25) is 5.91 Å². The predicted octanol–water partition coefficient (Wildman–Crippen LogP) is 7.55. The van der Waals surface area contributed by atoms with Crippen molar-refractivity contribution in [1.82, 2.24) is 10.2 Å². The van der Waals surface area contributed by atoms with Gasteiger partial charge in [0.05, 0.1) is 11.2 Å². The van der Waals surface area contributed by atoms with E-state index in [4.69, 9.17) is 0 Å². The van der Waals surface area contributed by atoms with Crippen molar-refractivity contribution in [2.75, 3.05) is 0 Å². The first kappa shape index (κ1) is 33.4. The van der Waals surface area contributed by atoms with Crippen molar-refractivity contribution in [2.45, 2.75) is 46.2 Å². The zero-order valence-corrected chi connectivity index (χ0v) is 28.9. The number of carboxylic acid groups (broad SMARTS) is 1. The van der Waals surface area contributed by atoms with Crippen LogP contribution in [-0.2, 0) is 40.1 Å². The summed E-state index contributed by atoms with van der Waals surface area (Å²) in [5.41, 5.74) is 2.40. The Morgan fingerprint density at radius 1 is 0.660 bits per heavy atom. The summed E-state index contributed by atoms with van der Waals surface area (Å²) in [6, 6.07) is 49.0. The molecule has 5 aromatic rings. The smallest absolute Gasteiger partial charge is 0.353 e. The molecule has 8 heteroatoms. The van der Waals surface area contributed by atoms with Gasteiger partial charge in [0.15, 0.2) is 5.54 Å². The second kappa shape index (κ2) is 14.4. The van der Waals surface area contributed by atoms with E-state index in [0.717, 1.165) is 27.1 Å². The molecule has 2 aliphatic rings.